The van der Waals surface area contributed by atoms with Gasteiger partial charge >= 0.3 is 5.97 Å². The Morgan fingerprint density at radius 3 is 2.07 bits per heavy atom. The molecule has 2 rings (SSSR count). The summed E-state index contributed by atoms with van der Waals surface area (Å²) in [6.07, 6.45) is 8.51. The number of aromatic nitrogens is 1. The van der Waals surface area contributed by atoms with Gasteiger partial charge in [0.05, 0.1) is 30.9 Å². The molecule has 0 fully saturated rings. The number of thiazole rings is 1. The second kappa shape index (κ2) is 20.2. The molecule has 320 valence electrons. The molecule has 0 aromatic carbocycles. The molecular formula is C45H81NO6SSi3. The summed E-state index contributed by atoms with van der Waals surface area (Å²) in [5.41, 5.74) is 1.97. The second-order valence-electron chi connectivity index (χ2n) is 20.1. The Morgan fingerprint density at radius 1 is 0.964 bits per heavy atom. The van der Waals surface area contributed by atoms with Crippen molar-refractivity contribution in [3.8, 4) is 0 Å². The Balaban J connectivity index is 2.64. The topological polar surface area (TPSA) is 84.0 Å². The Kier molecular flexibility index (Phi) is 18.3. The number of carbonyl (C=O) groups is 2. The third kappa shape index (κ3) is 13.5. The van der Waals surface area contributed by atoms with Gasteiger partial charge in [0.15, 0.2) is 25.0 Å². The third-order valence-corrected chi connectivity index (χ3v) is 27.9. The minimum Gasteiger partial charge on any atom is -0.457 e. The molecule has 0 amide bonds. The lowest BCUT2D eigenvalue weighted by atomic mass is 9.73. The second-order valence-corrected chi connectivity index (χ2v) is 35.4. The number of rotatable bonds is 12. The number of hydrogen-bond acceptors (Lipinski definition) is 8. The number of nitrogens with zero attached hydrogens (tertiary/aromatic N) is 1. The van der Waals surface area contributed by atoms with Crippen LogP contribution in [0.5, 0.6) is 0 Å². The molecule has 0 saturated heterocycles. The summed E-state index contributed by atoms with van der Waals surface area (Å²) in [5, 5.41) is 3.09. The van der Waals surface area contributed by atoms with E-state index in [2.05, 4.69) is 121 Å². The SMILES string of the molecule is CC[Si](CC)(CC)O[C@H]1CC(=O)O[C@H](/C(C)=C/c2csc(CO[Si](C)(C)C(C)(C)C)n2)C/C=C(/C)C/C=C/[C@H](C)[C@H](O[Si](C)(C)C(C)(C)C)[C@@H](C)C(=O)C1(C)C. The predicted octanol–water partition coefficient (Wildman–Crippen LogP) is 13.3. The van der Waals surface area contributed by atoms with E-state index in [-0.39, 0.29) is 40.3 Å². The van der Waals surface area contributed by atoms with Crippen LogP contribution in [0, 0.1) is 17.3 Å². The van der Waals surface area contributed by atoms with Gasteiger partial charge in [-0.15, -0.1) is 11.3 Å². The van der Waals surface area contributed by atoms with E-state index in [1.165, 1.54) is 5.57 Å². The van der Waals surface area contributed by atoms with Crippen molar-refractivity contribution in [3.05, 3.63) is 45.5 Å². The third-order valence-electron chi connectivity index (χ3n) is 13.4. The highest BCUT2D eigenvalue weighted by Gasteiger charge is 2.49. The molecule has 0 aliphatic carbocycles. The monoisotopic (exact) mass is 848 g/mol. The van der Waals surface area contributed by atoms with E-state index in [0.717, 1.165) is 40.8 Å². The van der Waals surface area contributed by atoms with Crippen molar-refractivity contribution < 1.29 is 27.6 Å². The maximum Gasteiger partial charge on any atom is 0.309 e. The zero-order chi connectivity index (χ0) is 43.1. The normalized spacial score (nSPS) is 26.1. The van der Waals surface area contributed by atoms with Crippen LogP contribution in [0.4, 0.5) is 0 Å². The maximum atomic E-state index is 15.0. The highest BCUT2D eigenvalue weighted by atomic mass is 32.1. The van der Waals surface area contributed by atoms with Crippen molar-refractivity contribution in [1.82, 2.24) is 4.98 Å². The van der Waals surface area contributed by atoms with Gasteiger partial charge < -0.3 is 18.0 Å². The number of ether oxygens (including phenoxy) is 1. The summed E-state index contributed by atoms with van der Waals surface area (Å²) in [6.45, 7) is 41.8. The number of esters is 1. The number of carbonyl (C=O) groups excluding carboxylic acids is 2. The van der Waals surface area contributed by atoms with Gasteiger partial charge in [-0.1, -0.05) is 114 Å². The van der Waals surface area contributed by atoms with Crippen LogP contribution in [-0.2, 0) is 34.2 Å². The van der Waals surface area contributed by atoms with Gasteiger partial charge in [-0.2, -0.15) is 0 Å². The summed E-state index contributed by atoms with van der Waals surface area (Å²) in [7, 11) is -6.41. The molecule has 0 bridgehead atoms. The van der Waals surface area contributed by atoms with Crippen LogP contribution in [-0.4, -0.2) is 60.0 Å². The lowest BCUT2D eigenvalue weighted by molar-refractivity contribution is -0.153. The Bertz CT molecular complexity index is 1530. The van der Waals surface area contributed by atoms with Crippen molar-refractivity contribution in [2.24, 2.45) is 17.3 Å². The van der Waals surface area contributed by atoms with Gasteiger partial charge in [0.2, 0.25) is 0 Å². The molecule has 7 nitrogen and oxygen atoms in total. The molecule has 56 heavy (non-hydrogen) atoms. The lowest BCUT2D eigenvalue weighted by Crippen LogP contribution is -2.53. The molecule has 1 aromatic rings. The molecule has 1 aromatic heterocycles. The van der Waals surface area contributed by atoms with Crippen LogP contribution in [0.2, 0.25) is 54.4 Å². The lowest BCUT2D eigenvalue weighted by Gasteiger charge is -2.45. The first-order valence-electron chi connectivity index (χ1n) is 21.2. The molecule has 2 heterocycles. The fourth-order valence-electron chi connectivity index (χ4n) is 6.72. The van der Waals surface area contributed by atoms with Gasteiger partial charge in [0.25, 0.3) is 0 Å². The number of Topliss-reactive ketones (excluding diaryl/α,β-unsaturated/α-hetero) is 1. The Hall–Kier alpha value is -1.48. The number of ketones is 1. The fraction of sp³-hybridized carbons (Fsp3) is 0.756. The molecule has 1 aliphatic rings. The molecule has 0 spiro atoms. The number of allylic oxidation sites excluding steroid dienone is 2. The molecule has 5 atom stereocenters. The molecule has 0 radical (unpaired) electrons. The summed E-state index contributed by atoms with van der Waals surface area (Å²) in [6, 6.07) is 2.74. The van der Waals surface area contributed by atoms with E-state index in [1.807, 2.05) is 39.2 Å². The molecule has 0 N–H and O–H groups in total. The quantitative estimate of drug-likeness (QED) is 0.118. The average molecular weight is 848 g/mol. The van der Waals surface area contributed by atoms with Crippen LogP contribution in [0.3, 0.4) is 0 Å². The first-order chi connectivity index (χ1) is 25.6. The van der Waals surface area contributed by atoms with Crippen molar-refractivity contribution in [1.29, 1.82) is 0 Å². The first-order valence-corrected chi connectivity index (χ1v) is 30.5. The van der Waals surface area contributed by atoms with Crippen LogP contribution in [0.15, 0.2) is 34.8 Å². The van der Waals surface area contributed by atoms with E-state index in [9.17, 15) is 9.59 Å². The standard InChI is InChI=1S/C45H81NO6SSi3/c1-20-56(21-2,22-3)51-38-29-40(47)50-37(34(6)28-36-31-53-39(46-36)30-49-54(16,17)43(8,9)10)27-26-32(4)24-23-25-33(5)41(35(7)42(48)45(38,14)15)52-55(18,19)44(11,12)13/h23,25-26,28,31,33,35,37-38,41H,20-22,24,27,29-30H2,1-19H3/b25-23+,32-26-,34-28+/t33-,35+,37-,38-,41-/m0/s1. The van der Waals surface area contributed by atoms with Crippen LogP contribution in [0.1, 0.15) is 134 Å². The molecule has 11 heteroatoms. The molecule has 1 aliphatic heterocycles. The van der Waals surface area contributed by atoms with Gasteiger partial charge in [0, 0.05) is 23.1 Å². The van der Waals surface area contributed by atoms with Gasteiger partial charge in [-0.3, -0.25) is 9.59 Å². The minimum absolute atomic E-state index is 0.00153. The maximum absolute atomic E-state index is 15.0. The number of cyclic esters (lactones) is 1. The number of hydrogen-bond donors (Lipinski definition) is 0. The smallest absolute Gasteiger partial charge is 0.309 e. The molecule has 0 unspecified atom stereocenters. The van der Waals surface area contributed by atoms with E-state index in [4.69, 9.17) is 23.0 Å². The highest BCUT2D eigenvalue weighted by Crippen LogP contribution is 2.42. The largest absolute Gasteiger partial charge is 0.457 e. The van der Waals surface area contributed by atoms with Gasteiger partial charge in [-0.05, 0) is 92.2 Å². The summed E-state index contributed by atoms with van der Waals surface area (Å²) in [4.78, 5) is 34.1. The van der Waals surface area contributed by atoms with Crippen molar-refractivity contribution in [2.45, 2.75) is 202 Å². The predicted molar refractivity (Wildman–Crippen MR) is 246 cm³/mol. The molecular weight excluding hydrogens is 767 g/mol. The fourth-order valence-corrected chi connectivity index (χ4v) is 12.9. The van der Waals surface area contributed by atoms with Gasteiger partial charge in [0.1, 0.15) is 16.9 Å². The zero-order valence-electron chi connectivity index (χ0n) is 39.0. The summed E-state index contributed by atoms with van der Waals surface area (Å²) < 4.78 is 27.1. The summed E-state index contributed by atoms with van der Waals surface area (Å²) in [5.74, 6) is -0.694. The Morgan fingerprint density at radius 2 is 1.54 bits per heavy atom. The van der Waals surface area contributed by atoms with E-state index in [1.54, 1.807) is 11.3 Å². The summed E-state index contributed by atoms with van der Waals surface area (Å²) >= 11 is 1.60. The van der Waals surface area contributed by atoms with E-state index >= 15 is 0 Å². The van der Waals surface area contributed by atoms with Crippen LogP contribution in [0.25, 0.3) is 6.08 Å². The molecule has 0 saturated carbocycles. The highest BCUT2D eigenvalue weighted by molar-refractivity contribution is 7.09. The zero-order valence-corrected chi connectivity index (χ0v) is 42.8. The van der Waals surface area contributed by atoms with Crippen molar-refractivity contribution in [3.63, 3.8) is 0 Å². The minimum atomic E-state index is -2.25. The Labute approximate surface area is 350 Å². The van der Waals surface area contributed by atoms with Crippen molar-refractivity contribution in [2.75, 3.05) is 0 Å². The average Bonchev–Trinajstić information content (AvgIpc) is 3.54. The van der Waals surface area contributed by atoms with Crippen LogP contribution >= 0.6 is 11.3 Å². The van der Waals surface area contributed by atoms with Gasteiger partial charge in [-0.25, -0.2) is 4.98 Å². The van der Waals surface area contributed by atoms with E-state index < -0.39 is 48.5 Å². The van der Waals surface area contributed by atoms with Crippen molar-refractivity contribution >= 4 is 54.1 Å². The van der Waals surface area contributed by atoms with E-state index in [0.29, 0.717) is 13.0 Å². The van der Waals surface area contributed by atoms with Crippen LogP contribution < -0.4 is 0 Å². The first kappa shape index (κ1) is 50.7.